The highest BCUT2D eigenvalue weighted by Gasteiger charge is 2.37. The number of nitrogens with zero attached hydrogens (tertiary/aromatic N) is 2. The Morgan fingerprint density at radius 1 is 1.25 bits per heavy atom. The highest BCUT2D eigenvalue weighted by Crippen LogP contribution is 2.27. The van der Waals surface area contributed by atoms with Crippen LogP contribution in [0.25, 0.3) is 0 Å². The summed E-state index contributed by atoms with van der Waals surface area (Å²) in [4.78, 5) is 20.3. The molecule has 2 N–H and O–H groups in total. The van der Waals surface area contributed by atoms with Gasteiger partial charge in [0.05, 0.1) is 7.11 Å². The van der Waals surface area contributed by atoms with E-state index in [-0.39, 0.29) is 0 Å². The van der Waals surface area contributed by atoms with Gasteiger partial charge in [-0.15, -0.1) is 0 Å². The van der Waals surface area contributed by atoms with Crippen molar-refractivity contribution >= 4 is 17.7 Å². The molecule has 0 aliphatic rings. The molecular weight excluding hydrogens is 274 g/mol. The lowest BCUT2D eigenvalue weighted by atomic mass is 9.93. The summed E-state index contributed by atoms with van der Waals surface area (Å²) in [7, 11) is 1.33. The molecule has 2 aromatic rings. The number of carbonyl (C=O) groups excluding carboxylic acids is 1. The van der Waals surface area contributed by atoms with Crippen LogP contribution in [0.2, 0.25) is 0 Å². The number of ether oxygens (including phenoxy) is 1. The zero-order valence-electron chi connectivity index (χ0n) is 11.0. The lowest BCUT2D eigenvalue weighted by molar-refractivity contribution is -0.146. The molecule has 0 amide bonds. The van der Waals surface area contributed by atoms with Crippen LogP contribution >= 0.6 is 11.8 Å². The fraction of sp³-hybridized carbons (Fsp3) is 0.214. The van der Waals surface area contributed by atoms with Crippen LogP contribution in [0.15, 0.2) is 53.9 Å². The molecule has 1 unspecified atom stereocenters. The summed E-state index contributed by atoms with van der Waals surface area (Å²) in [5, 5.41) is 0.571. The first kappa shape index (κ1) is 14.5. The van der Waals surface area contributed by atoms with Crippen LogP contribution in [-0.4, -0.2) is 28.8 Å². The Kier molecular flexibility index (Phi) is 4.70. The Labute approximate surface area is 121 Å². The summed E-state index contributed by atoms with van der Waals surface area (Å²) < 4.78 is 4.84. The van der Waals surface area contributed by atoms with Gasteiger partial charge in [0.2, 0.25) is 0 Å². The molecule has 0 saturated carbocycles. The van der Waals surface area contributed by atoms with Gasteiger partial charge in [0.25, 0.3) is 0 Å². The number of esters is 1. The van der Waals surface area contributed by atoms with Gasteiger partial charge in [-0.05, 0) is 11.6 Å². The molecule has 1 aromatic heterocycles. The SMILES string of the molecule is COC(=O)C(N)(CSc1ncccn1)c1ccccc1. The van der Waals surface area contributed by atoms with E-state index in [4.69, 9.17) is 10.5 Å². The van der Waals surface area contributed by atoms with Gasteiger partial charge in [-0.25, -0.2) is 14.8 Å². The largest absolute Gasteiger partial charge is 0.467 e. The number of rotatable bonds is 5. The number of hydrogen-bond donors (Lipinski definition) is 1. The van der Waals surface area contributed by atoms with E-state index in [2.05, 4.69) is 9.97 Å². The number of methoxy groups -OCH3 is 1. The Balaban J connectivity index is 2.22. The zero-order valence-corrected chi connectivity index (χ0v) is 11.8. The maximum atomic E-state index is 12.1. The van der Waals surface area contributed by atoms with Crippen molar-refractivity contribution in [3.8, 4) is 0 Å². The van der Waals surface area contributed by atoms with Crippen LogP contribution in [0.3, 0.4) is 0 Å². The van der Waals surface area contributed by atoms with Crippen molar-refractivity contribution < 1.29 is 9.53 Å². The Hall–Kier alpha value is -1.92. The van der Waals surface area contributed by atoms with E-state index in [1.165, 1.54) is 18.9 Å². The summed E-state index contributed by atoms with van der Waals surface area (Å²) in [5.41, 5.74) is 5.75. The molecule has 0 fully saturated rings. The van der Waals surface area contributed by atoms with E-state index in [0.717, 1.165) is 0 Å². The molecule has 5 nitrogen and oxygen atoms in total. The highest BCUT2D eigenvalue weighted by molar-refractivity contribution is 7.99. The molecule has 0 spiro atoms. The van der Waals surface area contributed by atoms with Crippen molar-refractivity contribution in [1.82, 2.24) is 9.97 Å². The number of thioether (sulfide) groups is 1. The van der Waals surface area contributed by atoms with Gasteiger partial charge in [0.15, 0.2) is 5.16 Å². The molecule has 104 valence electrons. The first-order valence-corrected chi connectivity index (χ1v) is 6.98. The average Bonchev–Trinajstić information content (AvgIpc) is 2.53. The number of hydrogen-bond acceptors (Lipinski definition) is 6. The smallest absolute Gasteiger partial charge is 0.331 e. The van der Waals surface area contributed by atoms with E-state index in [9.17, 15) is 4.79 Å². The van der Waals surface area contributed by atoms with Crippen molar-refractivity contribution in [2.24, 2.45) is 5.73 Å². The molecule has 0 aliphatic carbocycles. The standard InChI is InChI=1S/C14H15N3O2S/c1-19-12(18)14(15,11-6-3-2-4-7-11)10-20-13-16-8-5-9-17-13/h2-9H,10,15H2,1H3. The highest BCUT2D eigenvalue weighted by atomic mass is 32.2. The Morgan fingerprint density at radius 3 is 2.50 bits per heavy atom. The number of aromatic nitrogens is 2. The average molecular weight is 289 g/mol. The fourth-order valence-electron chi connectivity index (χ4n) is 1.72. The van der Waals surface area contributed by atoms with Crippen molar-refractivity contribution in [2.75, 3.05) is 12.9 Å². The molecule has 0 radical (unpaired) electrons. The third-order valence-corrected chi connectivity index (χ3v) is 3.88. The second kappa shape index (κ2) is 6.49. The van der Waals surface area contributed by atoms with E-state index >= 15 is 0 Å². The first-order valence-electron chi connectivity index (χ1n) is 5.99. The van der Waals surface area contributed by atoms with E-state index in [1.807, 2.05) is 30.3 Å². The lowest BCUT2D eigenvalue weighted by Crippen LogP contribution is -2.48. The van der Waals surface area contributed by atoms with Crippen LogP contribution in [0.4, 0.5) is 0 Å². The fourth-order valence-corrected chi connectivity index (χ4v) is 2.63. The van der Waals surface area contributed by atoms with Gasteiger partial charge in [0.1, 0.15) is 5.54 Å². The van der Waals surface area contributed by atoms with Crippen LogP contribution in [0.5, 0.6) is 0 Å². The molecule has 1 aromatic carbocycles. The molecule has 1 heterocycles. The third kappa shape index (κ3) is 3.15. The van der Waals surface area contributed by atoms with Gasteiger partial charge in [-0.1, -0.05) is 42.1 Å². The summed E-state index contributed by atoms with van der Waals surface area (Å²) in [6, 6.07) is 10.9. The normalized spacial score (nSPS) is 13.5. The van der Waals surface area contributed by atoms with Crippen molar-refractivity contribution in [2.45, 2.75) is 10.7 Å². The minimum Gasteiger partial charge on any atom is -0.467 e. The van der Waals surface area contributed by atoms with Crippen LogP contribution in [-0.2, 0) is 15.1 Å². The molecule has 20 heavy (non-hydrogen) atoms. The maximum absolute atomic E-state index is 12.1. The summed E-state index contributed by atoms with van der Waals surface area (Å²) in [5.74, 6) is -0.180. The number of carbonyl (C=O) groups is 1. The predicted octanol–water partition coefficient (Wildman–Crippen LogP) is 1.60. The van der Waals surface area contributed by atoms with E-state index in [0.29, 0.717) is 16.5 Å². The van der Waals surface area contributed by atoms with Gasteiger partial charge in [-0.2, -0.15) is 0 Å². The zero-order chi connectivity index (χ0) is 14.4. The molecule has 1 atom stereocenters. The molecule has 0 aliphatic heterocycles. The van der Waals surface area contributed by atoms with Gasteiger partial charge in [0, 0.05) is 18.1 Å². The quantitative estimate of drug-likeness (QED) is 0.512. The number of nitrogens with two attached hydrogens (primary N) is 1. The van der Waals surface area contributed by atoms with E-state index < -0.39 is 11.5 Å². The molecule has 0 saturated heterocycles. The molecule has 0 bridgehead atoms. The van der Waals surface area contributed by atoms with Crippen molar-refractivity contribution in [1.29, 1.82) is 0 Å². The minimum absolute atomic E-state index is 0.299. The number of benzene rings is 1. The van der Waals surface area contributed by atoms with Gasteiger partial charge in [-0.3, -0.25) is 0 Å². The second-order valence-electron chi connectivity index (χ2n) is 4.15. The summed E-state index contributed by atoms with van der Waals surface area (Å²) in [6.45, 7) is 0. The summed E-state index contributed by atoms with van der Waals surface area (Å²) in [6.07, 6.45) is 3.29. The van der Waals surface area contributed by atoms with Crippen LogP contribution in [0, 0.1) is 0 Å². The monoisotopic (exact) mass is 289 g/mol. The Bertz CT molecular complexity index is 565. The van der Waals surface area contributed by atoms with Gasteiger partial charge < -0.3 is 10.5 Å². The topological polar surface area (TPSA) is 78.1 Å². The lowest BCUT2D eigenvalue weighted by Gasteiger charge is -2.26. The molecule has 6 heteroatoms. The Morgan fingerprint density at radius 2 is 1.90 bits per heavy atom. The molecule has 2 rings (SSSR count). The molecular formula is C14H15N3O2S. The summed E-state index contributed by atoms with van der Waals surface area (Å²) >= 11 is 1.32. The predicted molar refractivity (Wildman–Crippen MR) is 77.1 cm³/mol. The maximum Gasteiger partial charge on any atom is 0.331 e. The minimum atomic E-state index is -1.22. The third-order valence-electron chi connectivity index (χ3n) is 2.81. The second-order valence-corrected chi connectivity index (χ2v) is 5.09. The van der Waals surface area contributed by atoms with Crippen LogP contribution in [0.1, 0.15) is 5.56 Å². The van der Waals surface area contributed by atoms with Crippen LogP contribution < -0.4 is 5.73 Å². The van der Waals surface area contributed by atoms with Crippen molar-refractivity contribution in [3.63, 3.8) is 0 Å². The first-order chi connectivity index (χ1) is 9.66. The van der Waals surface area contributed by atoms with Crippen molar-refractivity contribution in [3.05, 3.63) is 54.4 Å². The van der Waals surface area contributed by atoms with E-state index in [1.54, 1.807) is 18.5 Å². The van der Waals surface area contributed by atoms with Gasteiger partial charge >= 0.3 is 5.97 Å².